The predicted octanol–water partition coefficient (Wildman–Crippen LogP) is 4.10. The lowest BCUT2D eigenvalue weighted by Crippen LogP contribution is -2.61. The van der Waals surface area contributed by atoms with Crippen LogP contribution in [-0.2, 0) is 57.7 Å². The van der Waals surface area contributed by atoms with Crippen LogP contribution < -0.4 is 27.0 Å². The number of esters is 1. The summed E-state index contributed by atoms with van der Waals surface area (Å²) in [5.74, 6) is -4.47. The molecule has 0 unspecified atom stereocenters. The number of para-hydroxylation sites is 1. The molecule has 16 heteroatoms. The van der Waals surface area contributed by atoms with Crippen LogP contribution in [0.25, 0.3) is 10.9 Å². The van der Waals surface area contributed by atoms with E-state index in [1.165, 1.54) is 7.11 Å². The van der Waals surface area contributed by atoms with Gasteiger partial charge in [-0.15, -0.1) is 0 Å². The fourth-order valence-electron chi connectivity index (χ4n) is 8.58. The first-order valence-corrected chi connectivity index (χ1v) is 22.2. The number of carbonyl (C=O) groups excluding carboxylic acids is 7. The molecule has 6 amide bonds. The van der Waals surface area contributed by atoms with Crippen LogP contribution in [0.4, 0.5) is 4.79 Å². The molecule has 16 nitrogen and oxygen atoms in total. The molecule has 1 saturated carbocycles. The molecule has 340 valence electrons. The fourth-order valence-corrected chi connectivity index (χ4v) is 8.58. The summed E-state index contributed by atoms with van der Waals surface area (Å²) in [6.45, 7) is 0.212. The van der Waals surface area contributed by atoms with E-state index in [4.69, 9.17) is 15.2 Å². The van der Waals surface area contributed by atoms with Crippen molar-refractivity contribution in [3.05, 3.63) is 108 Å². The number of aromatic amines is 1. The van der Waals surface area contributed by atoms with Crippen molar-refractivity contribution < 1.29 is 43.0 Å². The maximum Gasteiger partial charge on any atom is 0.408 e. The maximum absolute atomic E-state index is 14.9. The number of carbonyl (C=O) groups is 7. The van der Waals surface area contributed by atoms with E-state index >= 15 is 0 Å². The van der Waals surface area contributed by atoms with Gasteiger partial charge in [-0.1, -0.05) is 98.1 Å². The molecule has 64 heavy (non-hydrogen) atoms. The van der Waals surface area contributed by atoms with Crippen LogP contribution >= 0.6 is 0 Å². The number of aromatic nitrogens is 1. The Balaban J connectivity index is 1.31. The maximum atomic E-state index is 14.9. The van der Waals surface area contributed by atoms with Gasteiger partial charge < -0.3 is 41.5 Å². The highest BCUT2D eigenvalue weighted by Gasteiger charge is 2.42. The quantitative estimate of drug-likeness (QED) is 0.0476. The number of methoxy groups -OCH3 is 1. The second-order valence-corrected chi connectivity index (χ2v) is 16.5. The standard InChI is InChI=1S/C48H59N7O9/c1-63-47(61)42(33-19-9-4-10-20-33)54-44(58)38(28-34-29-50-36-22-12-11-21-35(34)36)51-45(59)40(23-13-14-26-49)55-41(56)25-24-37(53-48(62)64-30-32-17-7-3-8-18-32)43(57)52-39(46(55)60)27-31-15-5-2-6-16-31/h2-3,5-8,11-12,15-18,21-22,29,33,37-40,42,50H,4,9-10,13-14,19-20,23-28,30,49H2,1H3,(H,51,59)(H,52,57)(H,53,62)(H,54,58)/t37-,38+,39-,40+,42+/m1/s1. The van der Waals surface area contributed by atoms with Gasteiger partial charge in [-0.25, -0.2) is 9.59 Å². The normalized spacial score (nSPS) is 18.7. The van der Waals surface area contributed by atoms with Gasteiger partial charge in [-0.05, 0) is 73.7 Å². The van der Waals surface area contributed by atoms with E-state index in [0.29, 0.717) is 36.8 Å². The molecule has 3 aromatic carbocycles. The van der Waals surface area contributed by atoms with Gasteiger partial charge in [-0.3, -0.25) is 28.9 Å². The van der Waals surface area contributed by atoms with Gasteiger partial charge in [0.05, 0.1) is 7.11 Å². The van der Waals surface area contributed by atoms with Crippen LogP contribution in [0.2, 0.25) is 0 Å². The monoisotopic (exact) mass is 877 g/mol. The molecule has 1 aromatic heterocycles. The molecule has 0 bridgehead atoms. The largest absolute Gasteiger partial charge is 0.467 e. The number of amides is 6. The van der Waals surface area contributed by atoms with Crippen LogP contribution in [0.15, 0.2) is 91.1 Å². The highest BCUT2D eigenvalue weighted by molar-refractivity contribution is 6.05. The van der Waals surface area contributed by atoms with Gasteiger partial charge >= 0.3 is 12.1 Å². The molecule has 4 aromatic rings. The zero-order valence-corrected chi connectivity index (χ0v) is 36.2. The zero-order chi connectivity index (χ0) is 45.4. The number of fused-ring (bicyclic) bond motifs is 1. The van der Waals surface area contributed by atoms with Gasteiger partial charge in [0.2, 0.25) is 23.6 Å². The van der Waals surface area contributed by atoms with Gasteiger partial charge in [0.15, 0.2) is 0 Å². The number of nitrogens with one attached hydrogen (secondary N) is 5. The highest BCUT2D eigenvalue weighted by atomic mass is 16.5. The van der Waals surface area contributed by atoms with Crippen LogP contribution in [0.1, 0.15) is 80.9 Å². The van der Waals surface area contributed by atoms with Crippen molar-refractivity contribution in [3.63, 3.8) is 0 Å². The lowest BCUT2D eigenvalue weighted by Gasteiger charge is -2.33. The van der Waals surface area contributed by atoms with Crippen molar-refractivity contribution >= 4 is 52.5 Å². The zero-order valence-electron chi connectivity index (χ0n) is 36.2. The summed E-state index contributed by atoms with van der Waals surface area (Å²) in [6.07, 6.45) is 5.23. The molecule has 2 fully saturated rings. The summed E-state index contributed by atoms with van der Waals surface area (Å²) >= 11 is 0. The SMILES string of the molecule is COC(=O)[C@@H](NC(=O)[C@H](Cc1c[nH]c2ccccc12)NC(=O)[C@H](CCCCN)N1C(=O)CC[C@@H](NC(=O)OCc2ccccc2)C(=O)N[C@H](Cc2ccccc2)C1=O)C1CCCCC1. The molecule has 2 aliphatic rings. The van der Waals surface area contributed by atoms with E-state index in [1.807, 2.05) is 30.3 Å². The Kier molecular flexibility index (Phi) is 17.0. The van der Waals surface area contributed by atoms with E-state index in [0.717, 1.165) is 40.6 Å². The van der Waals surface area contributed by atoms with Crippen molar-refractivity contribution in [2.75, 3.05) is 13.7 Å². The molecule has 0 spiro atoms. The Labute approximate surface area is 372 Å². The Morgan fingerprint density at radius 2 is 1.52 bits per heavy atom. The number of benzene rings is 3. The van der Waals surface area contributed by atoms with Crippen molar-refractivity contribution in [2.24, 2.45) is 11.7 Å². The van der Waals surface area contributed by atoms with E-state index in [9.17, 15) is 33.6 Å². The Bertz CT molecular complexity index is 2230. The Morgan fingerprint density at radius 3 is 2.22 bits per heavy atom. The molecule has 1 aliphatic carbocycles. The van der Waals surface area contributed by atoms with Crippen molar-refractivity contribution in [1.82, 2.24) is 31.2 Å². The summed E-state index contributed by atoms with van der Waals surface area (Å²) in [7, 11) is 1.27. The van der Waals surface area contributed by atoms with Gasteiger partial charge in [-0.2, -0.15) is 0 Å². The Hall–Kier alpha value is -6.55. The van der Waals surface area contributed by atoms with E-state index in [1.54, 1.807) is 60.8 Å². The number of rotatable bonds is 18. The first kappa shape index (κ1) is 46.9. The smallest absolute Gasteiger partial charge is 0.408 e. The lowest BCUT2D eigenvalue weighted by molar-refractivity contribution is -0.154. The molecule has 6 rings (SSSR count). The number of ether oxygens (including phenoxy) is 2. The molecular formula is C48H59N7O9. The van der Waals surface area contributed by atoms with E-state index in [2.05, 4.69) is 26.3 Å². The van der Waals surface area contributed by atoms with Crippen LogP contribution in [0.5, 0.6) is 0 Å². The third kappa shape index (κ3) is 12.6. The second kappa shape index (κ2) is 23.2. The Morgan fingerprint density at radius 1 is 0.828 bits per heavy atom. The molecule has 2 heterocycles. The van der Waals surface area contributed by atoms with E-state index in [-0.39, 0.29) is 44.8 Å². The number of hydrogen-bond donors (Lipinski definition) is 6. The summed E-state index contributed by atoms with van der Waals surface area (Å²) in [4.78, 5) is 103. The average Bonchev–Trinajstić information content (AvgIpc) is 3.74. The summed E-state index contributed by atoms with van der Waals surface area (Å²) in [6, 6.07) is 19.1. The highest BCUT2D eigenvalue weighted by Crippen LogP contribution is 2.28. The first-order chi connectivity index (χ1) is 31.1. The molecule has 0 radical (unpaired) electrons. The van der Waals surface area contributed by atoms with Crippen molar-refractivity contribution in [3.8, 4) is 0 Å². The van der Waals surface area contributed by atoms with Gasteiger partial charge in [0, 0.05) is 36.4 Å². The first-order valence-electron chi connectivity index (χ1n) is 22.2. The molecule has 7 N–H and O–H groups in total. The van der Waals surface area contributed by atoms with Gasteiger partial charge in [0.25, 0.3) is 5.91 Å². The molecule has 1 aliphatic heterocycles. The van der Waals surface area contributed by atoms with Crippen LogP contribution in [0, 0.1) is 5.92 Å². The number of alkyl carbamates (subject to hydrolysis) is 1. The number of imide groups is 1. The van der Waals surface area contributed by atoms with E-state index < -0.39 is 78.2 Å². The number of unbranched alkanes of at least 4 members (excludes halogenated alkanes) is 1. The second-order valence-electron chi connectivity index (χ2n) is 16.5. The molecule has 1 saturated heterocycles. The van der Waals surface area contributed by atoms with Gasteiger partial charge in [0.1, 0.15) is 36.8 Å². The summed E-state index contributed by atoms with van der Waals surface area (Å²) < 4.78 is 10.5. The summed E-state index contributed by atoms with van der Waals surface area (Å²) in [5.41, 5.74) is 8.79. The van der Waals surface area contributed by atoms with Crippen LogP contribution in [0.3, 0.4) is 0 Å². The minimum Gasteiger partial charge on any atom is -0.467 e. The lowest BCUT2D eigenvalue weighted by atomic mass is 9.83. The minimum absolute atomic E-state index is 0.00201. The minimum atomic E-state index is -1.44. The number of H-pyrrole nitrogens is 1. The topological polar surface area (TPSA) is 231 Å². The fraction of sp³-hybridized carbons (Fsp3) is 0.438. The summed E-state index contributed by atoms with van der Waals surface area (Å²) in [5, 5.41) is 11.9. The average molecular weight is 878 g/mol. The third-order valence-electron chi connectivity index (χ3n) is 12.0. The molecule has 5 atom stereocenters. The van der Waals surface area contributed by atoms with Crippen LogP contribution in [-0.4, -0.2) is 95.3 Å². The van der Waals surface area contributed by atoms with Crippen molar-refractivity contribution in [2.45, 2.75) is 114 Å². The third-order valence-corrected chi connectivity index (χ3v) is 12.0. The molecular weight excluding hydrogens is 819 g/mol. The predicted molar refractivity (Wildman–Crippen MR) is 238 cm³/mol. The number of nitrogens with two attached hydrogens (primary N) is 1. The number of hydrogen-bond acceptors (Lipinski definition) is 10. The van der Waals surface area contributed by atoms with Crippen molar-refractivity contribution in [1.29, 1.82) is 0 Å². The number of nitrogens with zero attached hydrogens (tertiary/aromatic N) is 1.